The third kappa shape index (κ3) is 5.23. The molecule has 3 aromatic carbocycles. The van der Waals surface area contributed by atoms with Crippen LogP contribution in [0.3, 0.4) is 0 Å². The zero-order chi connectivity index (χ0) is 22.7. The summed E-state index contributed by atoms with van der Waals surface area (Å²) in [6.07, 6.45) is 1.60. The van der Waals surface area contributed by atoms with Gasteiger partial charge in [-0.05, 0) is 61.2 Å². The molecule has 1 aliphatic rings. The van der Waals surface area contributed by atoms with E-state index in [0.29, 0.717) is 15.1 Å². The average molecular weight is 488 g/mol. The molecule has 1 heterocycles. The summed E-state index contributed by atoms with van der Waals surface area (Å²) in [5.41, 5.74) is 3.10. The molecule has 0 bridgehead atoms. The third-order valence-electron chi connectivity index (χ3n) is 6.12. The van der Waals surface area contributed by atoms with Gasteiger partial charge in [0.2, 0.25) is 5.91 Å². The molecule has 0 saturated carbocycles. The largest absolute Gasteiger partial charge is 0.363 e. The topological polar surface area (TPSA) is 32.3 Å². The van der Waals surface area contributed by atoms with Gasteiger partial charge in [-0.1, -0.05) is 77.3 Å². The number of nitrogens with one attached hydrogen (secondary N) is 1. The lowest BCUT2D eigenvalue weighted by atomic mass is 9.90. The fourth-order valence-corrected chi connectivity index (χ4v) is 4.96. The molecule has 3 unspecified atom stereocenters. The molecule has 1 N–H and O–H groups in total. The Morgan fingerprint density at radius 2 is 1.66 bits per heavy atom. The predicted octanol–water partition coefficient (Wildman–Crippen LogP) is 7.28. The van der Waals surface area contributed by atoms with E-state index in [9.17, 15) is 4.79 Å². The van der Waals surface area contributed by atoms with E-state index >= 15 is 0 Å². The van der Waals surface area contributed by atoms with Crippen molar-refractivity contribution in [1.82, 2.24) is 5.32 Å². The fraction of sp³-hybridized carbons (Fsp3) is 0.269. The average Bonchev–Trinajstić information content (AvgIpc) is 2.80. The van der Waals surface area contributed by atoms with Crippen LogP contribution in [0, 0.1) is 0 Å². The summed E-state index contributed by atoms with van der Waals surface area (Å²) in [5.74, 6) is -0.150. The lowest BCUT2D eigenvalue weighted by Gasteiger charge is -2.42. The molecular formula is C26H25Cl3N2O. The van der Waals surface area contributed by atoms with Crippen LogP contribution in [0.1, 0.15) is 42.9 Å². The van der Waals surface area contributed by atoms with Crippen LogP contribution < -0.4 is 10.2 Å². The first-order valence-corrected chi connectivity index (χ1v) is 11.9. The van der Waals surface area contributed by atoms with Gasteiger partial charge in [-0.3, -0.25) is 4.79 Å². The number of hydrogen-bond acceptors (Lipinski definition) is 2. The summed E-state index contributed by atoms with van der Waals surface area (Å²) < 4.78 is 0. The molecule has 3 atom stereocenters. The van der Waals surface area contributed by atoms with Gasteiger partial charge in [0.15, 0.2) is 0 Å². The number of halogens is 3. The van der Waals surface area contributed by atoms with Crippen molar-refractivity contribution in [2.24, 2.45) is 0 Å². The van der Waals surface area contributed by atoms with E-state index in [-0.39, 0.29) is 23.9 Å². The smallest absolute Gasteiger partial charge is 0.227 e. The van der Waals surface area contributed by atoms with Crippen molar-refractivity contribution in [1.29, 1.82) is 0 Å². The highest BCUT2D eigenvalue weighted by atomic mass is 35.5. The normalized spacial score (nSPS) is 19.4. The number of nitrogens with zero attached hydrogens (tertiary/aromatic N) is 1. The highest BCUT2D eigenvalue weighted by molar-refractivity contribution is 6.36. The number of benzene rings is 3. The Kier molecular flexibility index (Phi) is 7.30. The molecule has 0 aliphatic carbocycles. The third-order valence-corrected chi connectivity index (χ3v) is 6.91. The van der Waals surface area contributed by atoms with Gasteiger partial charge in [0.25, 0.3) is 0 Å². The monoisotopic (exact) mass is 486 g/mol. The minimum Gasteiger partial charge on any atom is -0.363 e. The van der Waals surface area contributed by atoms with Crippen LogP contribution in [0.25, 0.3) is 0 Å². The number of rotatable bonds is 5. The zero-order valence-electron chi connectivity index (χ0n) is 17.8. The summed E-state index contributed by atoms with van der Waals surface area (Å²) in [6.45, 7) is 2.71. The predicted molar refractivity (Wildman–Crippen MR) is 134 cm³/mol. The minimum atomic E-state index is -0.200. The minimum absolute atomic E-state index is 0.0500. The first kappa shape index (κ1) is 23.0. The maximum atomic E-state index is 13.0. The lowest BCUT2D eigenvalue weighted by molar-refractivity contribution is -0.123. The van der Waals surface area contributed by atoms with Gasteiger partial charge in [-0.15, -0.1) is 0 Å². The summed E-state index contributed by atoms with van der Waals surface area (Å²) in [7, 11) is 0. The Balaban J connectivity index is 1.56. The summed E-state index contributed by atoms with van der Waals surface area (Å²) in [6, 6.07) is 23.5. The van der Waals surface area contributed by atoms with Crippen molar-refractivity contribution < 1.29 is 4.79 Å². The van der Waals surface area contributed by atoms with E-state index in [0.717, 1.165) is 36.2 Å². The van der Waals surface area contributed by atoms with Crippen LogP contribution >= 0.6 is 34.8 Å². The van der Waals surface area contributed by atoms with Crippen molar-refractivity contribution in [3.05, 3.63) is 99.0 Å². The molecule has 0 aromatic heterocycles. The maximum Gasteiger partial charge on any atom is 0.227 e. The fourth-order valence-electron chi connectivity index (χ4n) is 4.32. The standard InChI is InChI=1S/C26H25Cl3N2O/c1-17(18-5-3-2-4-6-18)26(32)30-22-13-14-31(24-12-11-21(28)15-23(24)29)25(16-22)19-7-9-20(27)10-8-19/h2-12,15,17,22,25H,13-14,16H2,1H3,(H,30,32). The van der Waals surface area contributed by atoms with Crippen LogP contribution in [0.4, 0.5) is 5.69 Å². The van der Waals surface area contributed by atoms with Crippen molar-refractivity contribution in [3.63, 3.8) is 0 Å². The molecule has 32 heavy (non-hydrogen) atoms. The molecule has 6 heteroatoms. The number of carbonyl (C=O) groups is 1. The highest BCUT2D eigenvalue weighted by Crippen LogP contribution is 2.39. The Morgan fingerprint density at radius 1 is 0.969 bits per heavy atom. The molecule has 3 nitrogen and oxygen atoms in total. The second-order valence-electron chi connectivity index (χ2n) is 8.22. The molecule has 4 rings (SSSR count). The van der Waals surface area contributed by atoms with Crippen LogP contribution in [0.5, 0.6) is 0 Å². The summed E-state index contributed by atoms with van der Waals surface area (Å²) >= 11 is 18.8. The summed E-state index contributed by atoms with van der Waals surface area (Å²) in [5, 5.41) is 5.21. The number of piperidine rings is 1. The number of amides is 1. The molecule has 1 aliphatic heterocycles. The van der Waals surface area contributed by atoms with E-state index in [2.05, 4.69) is 10.2 Å². The molecule has 1 saturated heterocycles. The molecular weight excluding hydrogens is 463 g/mol. The SMILES string of the molecule is CC(C(=O)NC1CCN(c2ccc(Cl)cc2Cl)C(c2ccc(Cl)cc2)C1)c1ccccc1. The molecule has 1 amide bonds. The number of carbonyl (C=O) groups excluding carboxylic acids is 1. The van der Waals surface area contributed by atoms with Crippen molar-refractivity contribution >= 4 is 46.4 Å². The van der Waals surface area contributed by atoms with E-state index in [1.165, 1.54) is 0 Å². The van der Waals surface area contributed by atoms with Gasteiger partial charge in [-0.2, -0.15) is 0 Å². The highest BCUT2D eigenvalue weighted by Gasteiger charge is 2.32. The maximum absolute atomic E-state index is 13.0. The van der Waals surface area contributed by atoms with Crippen molar-refractivity contribution in [2.45, 2.75) is 37.8 Å². The zero-order valence-corrected chi connectivity index (χ0v) is 20.0. The van der Waals surface area contributed by atoms with Crippen molar-refractivity contribution in [2.75, 3.05) is 11.4 Å². The van der Waals surface area contributed by atoms with Gasteiger partial charge in [0.1, 0.15) is 0 Å². The Bertz CT molecular complexity index is 1070. The van der Waals surface area contributed by atoms with Crippen LogP contribution in [0.15, 0.2) is 72.8 Å². The van der Waals surface area contributed by atoms with E-state index < -0.39 is 0 Å². The van der Waals surface area contributed by atoms with E-state index in [4.69, 9.17) is 34.8 Å². The number of anilines is 1. The van der Waals surface area contributed by atoms with Crippen molar-refractivity contribution in [3.8, 4) is 0 Å². The Labute approximate surface area is 204 Å². The second kappa shape index (κ2) is 10.2. The molecule has 3 aromatic rings. The number of hydrogen-bond donors (Lipinski definition) is 1. The van der Waals surface area contributed by atoms with Gasteiger partial charge >= 0.3 is 0 Å². The molecule has 0 radical (unpaired) electrons. The first-order chi connectivity index (χ1) is 15.4. The molecule has 0 spiro atoms. The molecule has 1 fully saturated rings. The first-order valence-electron chi connectivity index (χ1n) is 10.7. The van der Waals surface area contributed by atoms with Crippen LogP contribution in [-0.4, -0.2) is 18.5 Å². The van der Waals surface area contributed by atoms with Gasteiger partial charge in [0, 0.05) is 22.6 Å². The van der Waals surface area contributed by atoms with Gasteiger partial charge < -0.3 is 10.2 Å². The Morgan fingerprint density at radius 3 is 2.34 bits per heavy atom. The van der Waals surface area contributed by atoms with Gasteiger partial charge in [0.05, 0.1) is 22.7 Å². The van der Waals surface area contributed by atoms with Crippen LogP contribution in [-0.2, 0) is 4.79 Å². The Hall–Kier alpha value is -2.20. The summed E-state index contributed by atoms with van der Waals surface area (Å²) in [4.78, 5) is 15.3. The molecule has 166 valence electrons. The van der Waals surface area contributed by atoms with E-state index in [1.54, 1.807) is 6.07 Å². The second-order valence-corrected chi connectivity index (χ2v) is 9.50. The van der Waals surface area contributed by atoms with Gasteiger partial charge in [-0.25, -0.2) is 0 Å². The van der Waals surface area contributed by atoms with E-state index in [1.807, 2.05) is 73.7 Å². The quantitative estimate of drug-likeness (QED) is 0.410. The lowest BCUT2D eigenvalue weighted by Crippen LogP contribution is -2.47. The van der Waals surface area contributed by atoms with Crippen LogP contribution in [0.2, 0.25) is 15.1 Å².